The van der Waals surface area contributed by atoms with Gasteiger partial charge in [-0.1, -0.05) is 34.1 Å². The number of carbonyl (C=O) groups excluding carboxylic acids is 3. The molecule has 38 heavy (non-hydrogen) atoms. The fourth-order valence-corrected chi connectivity index (χ4v) is 5.33. The summed E-state index contributed by atoms with van der Waals surface area (Å²) in [6, 6.07) is 16.5. The van der Waals surface area contributed by atoms with E-state index in [2.05, 4.69) is 43.8 Å². The molecule has 1 fully saturated rings. The number of nitrogens with zero attached hydrogens (tertiary/aromatic N) is 1. The summed E-state index contributed by atoms with van der Waals surface area (Å²) < 4.78 is 13.2. The van der Waals surface area contributed by atoms with Gasteiger partial charge >= 0.3 is 0 Å². The highest BCUT2D eigenvalue weighted by Gasteiger charge is 2.35. The Hall–Kier alpha value is -2.83. The number of ether oxygens (including phenoxy) is 2. The number of hydrogen-bond donors (Lipinski definition) is 1. The first-order valence-electron chi connectivity index (χ1n) is 11.5. The molecule has 1 aliphatic heterocycles. The second-order valence-electron chi connectivity index (χ2n) is 8.49. The van der Waals surface area contributed by atoms with E-state index in [1.165, 1.54) is 12.0 Å². The van der Waals surface area contributed by atoms with E-state index in [1.807, 2.05) is 50.2 Å². The Morgan fingerprint density at radius 3 is 2.50 bits per heavy atom. The third-order valence-electron chi connectivity index (χ3n) is 5.97. The summed E-state index contributed by atoms with van der Waals surface area (Å²) in [5.74, 6) is 0.145. The number of nitrogens with one attached hydrogen (secondary N) is 1. The number of hydrogen-bond acceptors (Lipinski definition) is 6. The predicted molar refractivity (Wildman–Crippen MR) is 161 cm³/mol. The molecule has 3 aromatic rings. The summed E-state index contributed by atoms with van der Waals surface area (Å²) in [6.07, 6.45) is 1.65. The molecule has 0 aromatic heterocycles. The van der Waals surface area contributed by atoms with E-state index in [0.29, 0.717) is 22.0 Å². The molecular formula is C28H24BrIN2O5S. The number of thioether (sulfide) groups is 1. The van der Waals surface area contributed by atoms with Crippen LogP contribution < -0.4 is 14.8 Å². The number of amides is 3. The van der Waals surface area contributed by atoms with Gasteiger partial charge in [0.25, 0.3) is 17.1 Å². The van der Waals surface area contributed by atoms with Crippen LogP contribution >= 0.6 is 50.3 Å². The standard InChI is InChI=1S/C28H24BrIN2O5S/c1-16-17(2)22(10-9-21(16)29)31-26(33)15-37-23-11-6-19(12-24(23)36-3)13-25-27(34)32(28(35)38-25)14-18-4-7-20(30)8-5-18/h4-13H,14-15H2,1-3H3,(H,31,33)/b25-13+. The van der Waals surface area contributed by atoms with E-state index in [-0.39, 0.29) is 30.2 Å². The minimum atomic E-state index is -0.340. The fraction of sp³-hybridized carbons (Fsp3) is 0.179. The molecule has 196 valence electrons. The van der Waals surface area contributed by atoms with Crippen LogP contribution in [0.25, 0.3) is 6.08 Å². The van der Waals surface area contributed by atoms with Crippen molar-refractivity contribution in [2.45, 2.75) is 20.4 Å². The molecule has 7 nitrogen and oxygen atoms in total. The summed E-state index contributed by atoms with van der Waals surface area (Å²) in [6.45, 7) is 3.93. The number of methoxy groups -OCH3 is 1. The molecule has 1 aliphatic rings. The molecule has 0 atom stereocenters. The third-order valence-corrected chi connectivity index (χ3v) is 8.45. The van der Waals surface area contributed by atoms with E-state index in [1.54, 1.807) is 24.3 Å². The lowest BCUT2D eigenvalue weighted by Gasteiger charge is -2.14. The first-order valence-corrected chi connectivity index (χ1v) is 14.2. The lowest BCUT2D eigenvalue weighted by Crippen LogP contribution is -2.27. The molecule has 0 saturated carbocycles. The number of imide groups is 1. The first-order chi connectivity index (χ1) is 18.2. The number of anilines is 1. The highest BCUT2D eigenvalue weighted by Crippen LogP contribution is 2.35. The van der Waals surface area contributed by atoms with Crippen LogP contribution in [0.1, 0.15) is 22.3 Å². The molecule has 1 N–H and O–H groups in total. The van der Waals surface area contributed by atoms with E-state index in [4.69, 9.17) is 9.47 Å². The van der Waals surface area contributed by atoms with Gasteiger partial charge in [0.2, 0.25) is 0 Å². The van der Waals surface area contributed by atoms with Crippen molar-refractivity contribution in [3.05, 3.63) is 89.8 Å². The van der Waals surface area contributed by atoms with Crippen LogP contribution in [0.5, 0.6) is 11.5 Å². The van der Waals surface area contributed by atoms with E-state index in [0.717, 1.165) is 42.2 Å². The molecule has 0 unspecified atom stereocenters. The molecule has 1 heterocycles. The van der Waals surface area contributed by atoms with Crippen molar-refractivity contribution >= 4 is 79.1 Å². The van der Waals surface area contributed by atoms with Crippen molar-refractivity contribution < 1.29 is 23.9 Å². The zero-order chi connectivity index (χ0) is 27.4. The van der Waals surface area contributed by atoms with Crippen LogP contribution in [0.15, 0.2) is 64.0 Å². The maximum absolute atomic E-state index is 12.9. The molecule has 0 aliphatic carbocycles. The highest BCUT2D eigenvalue weighted by atomic mass is 127. The minimum Gasteiger partial charge on any atom is -0.493 e. The number of rotatable bonds is 8. The first kappa shape index (κ1) is 28.2. The fourth-order valence-electron chi connectivity index (χ4n) is 3.71. The van der Waals surface area contributed by atoms with Gasteiger partial charge in [-0.15, -0.1) is 0 Å². The SMILES string of the molecule is COc1cc(/C=C2/SC(=O)N(Cc3ccc(I)cc3)C2=O)ccc1OCC(=O)Nc1ccc(Br)c(C)c1C. The lowest BCUT2D eigenvalue weighted by molar-refractivity contribution is -0.123. The largest absolute Gasteiger partial charge is 0.493 e. The Bertz CT molecular complexity index is 1440. The zero-order valence-corrected chi connectivity index (χ0v) is 25.4. The Kier molecular flexibility index (Phi) is 9.16. The maximum atomic E-state index is 12.9. The van der Waals surface area contributed by atoms with Crippen LogP contribution in [0.3, 0.4) is 0 Å². The molecule has 3 amide bonds. The van der Waals surface area contributed by atoms with Crippen molar-refractivity contribution in [1.29, 1.82) is 0 Å². The van der Waals surface area contributed by atoms with E-state index >= 15 is 0 Å². The number of carbonyl (C=O) groups is 3. The molecule has 3 aromatic carbocycles. The smallest absolute Gasteiger partial charge is 0.293 e. The van der Waals surface area contributed by atoms with Gasteiger partial charge in [-0.25, -0.2) is 0 Å². The van der Waals surface area contributed by atoms with Gasteiger partial charge in [0, 0.05) is 13.7 Å². The van der Waals surface area contributed by atoms with Crippen LogP contribution in [0.4, 0.5) is 10.5 Å². The molecule has 10 heteroatoms. The van der Waals surface area contributed by atoms with Gasteiger partial charge in [-0.05, 0) is 113 Å². The minimum absolute atomic E-state index is 0.207. The van der Waals surface area contributed by atoms with Crippen LogP contribution in [-0.2, 0) is 16.1 Å². The van der Waals surface area contributed by atoms with Crippen LogP contribution in [-0.4, -0.2) is 35.7 Å². The average Bonchev–Trinajstić information content (AvgIpc) is 3.16. The average molecular weight is 707 g/mol. The van der Waals surface area contributed by atoms with Crippen LogP contribution in [0, 0.1) is 17.4 Å². The zero-order valence-electron chi connectivity index (χ0n) is 20.8. The van der Waals surface area contributed by atoms with E-state index < -0.39 is 0 Å². The van der Waals surface area contributed by atoms with Crippen LogP contribution in [0.2, 0.25) is 0 Å². The highest BCUT2D eigenvalue weighted by molar-refractivity contribution is 14.1. The molecule has 0 spiro atoms. The number of benzene rings is 3. The molecule has 4 rings (SSSR count). The van der Waals surface area contributed by atoms with Crippen molar-refractivity contribution in [2.75, 3.05) is 19.0 Å². The van der Waals surface area contributed by atoms with Gasteiger partial charge < -0.3 is 14.8 Å². The summed E-state index contributed by atoms with van der Waals surface area (Å²) in [7, 11) is 1.49. The number of halogens is 2. The molecule has 0 radical (unpaired) electrons. The second-order valence-corrected chi connectivity index (χ2v) is 11.6. The van der Waals surface area contributed by atoms with Gasteiger partial charge in [0.05, 0.1) is 18.6 Å². The monoisotopic (exact) mass is 706 g/mol. The Morgan fingerprint density at radius 2 is 1.79 bits per heavy atom. The Balaban J connectivity index is 1.42. The maximum Gasteiger partial charge on any atom is 0.293 e. The normalized spacial score (nSPS) is 14.2. The summed E-state index contributed by atoms with van der Waals surface area (Å²) >= 11 is 6.60. The van der Waals surface area contributed by atoms with Crippen molar-refractivity contribution in [3.63, 3.8) is 0 Å². The topological polar surface area (TPSA) is 84.9 Å². The summed E-state index contributed by atoms with van der Waals surface area (Å²) in [5.41, 5.74) is 4.29. The van der Waals surface area contributed by atoms with Crippen molar-refractivity contribution in [2.24, 2.45) is 0 Å². The van der Waals surface area contributed by atoms with E-state index in [9.17, 15) is 14.4 Å². The Morgan fingerprint density at radius 1 is 1.05 bits per heavy atom. The second kappa shape index (κ2) is 12.4. The van der Waals surface area contributed by atoms with Gasteiger partial charge in [-0.3, -0.25) is 19.3 Å². The quantitative estimate of drug-likeness (QED) is 0.202. The van der Waals surface area contributed by atoms with Gasteiger partial charge in [-0.2, -0.15) is 0 Å². The van der Waals surface area contributed by atoms with Crippen molar-refractivity contribution in [3.8, 4) is 11.5 Å². The summed E-state index contributed by atoms with van der Waals surface area (Å²) in [4.78, 5) is 39.5. The van der Waals surface area contributed by atoms with Gasteiger partial charge in [0.1, 0.15) is 0 Å². The summed E-state index contributed by atoms with van der Waals surface area (Å²) in [5, 5.41) is 2.56. The third kappa shape index (κ3) is 6.59. The molecule has 0 bridgehead atoms. The molecule has 1 saturated heterocycles. The van der Waals surface area contributed by atoms with Crippen molar-refractivity contribution in [1.82, 2.24) is 4.90 Å². The predicted octanol–water partition coefficient (Wildman–Crippen LogP) is 6.93. The molecular weight excluding hydrogens is 683 g/mol. The lowest BCUT2D eigenvalue weighted by atomic mass is 10.1. The van der Waals surface area contributed by atoms with Gasteiger partial charge in [0.15, 0.2) is 18.1 Å². The Labute approximate surface area is 247 Å².